The molecule has 1 aromatic rings. The van der Waals surface area contributed by atoms with Gasteiger partial charge in [0.15, 0.2) is 0 Å². The van der Waals surface area contributed by atoms with E-state index in [2.05, 4.69) is 21.2 Å². The first kappa shape index (κ1) is 15.8. The summed E-state index contributed by atoms with van der Waals surface area (Å²) in [4.78, 5) is 11.4. The van der Waals surface area contributed by atoms with Gasteiger partial charge in [0.1, 0.15) is 11.4 Å². The highest BCUT2D eigenvalue weighted by Crippen LogP contribution is 2.24. The van der Waals surface area contributed by atoms with E-state index in [1.54, 1.807) is 6.07 Å². The van der Waals surface area contributed by atoms with E-state index < -0.39 is 5.60 Å². The number of alkyl carbamates (subject to hydrolysis) is 1. The molecule has 5 heteroatoms. The van der Waals surface area contributed by atoms with Gasteiger partial charge in [-0.2, -0.15) is 0 Å². The van der Waals surface area contributed by atoms with Gasteiger partial charge in [-0.15, -0.1) is 0 Å². The minimum absolute atomic E-state index is 0.232. The number of ether oxygens (including phenoxy) is 1. The van der Waals surface area contributed by atoms with Crippen molar-refractivity contribution < 1.29 is 14.6 Å². The van der Waals surface area contributed by atoms with Gasteiger partial charge in [-0.05, 0) is 67.2 Å². The Hall–Kier alpha value is -1.23. The van der Waals surface area contributed by atoms with Crippen LogP contribution in [0.3, 0.4) is 0 Å². The lowest BCUT2D eigenvalue weighted by Crippen LogP contribution is -2.33. The number of rotatable bonds is 4. The van der Waals surface area contributed by atoms with Gasteiger partial charge >= 0.3 is 6.09 Å². The third kappa shape index (κ3) is 6.47. The summed E-state index contributed by atoms with van der Waals surface area (Å²) in [6.45, 7) is 6.06. The predicted molar refractivity (Wildman–Crippen MR) is 78.4 cm³/mol. The van der Waals surface area contributed by atoms with E-state index in [0.717, 1.165) is 18.4 Å². The number of carbonyl (C=O) groups excluding carboxylic acids is 1. The molecule has 2 N–H and O–H groups in total. The summed E-state index contributed by atoms with van der Waals surface area (Å²) < 4.78 is 5.82. The Morgan fingerprint density at radius 3 is 2.68 bits per heavy atom. The Labute approximate surface area is 122 Å². The molecule has 0 saturated heterocycles. The van der Waals surface area contributed by atoms with Gasteiger partial charge in [0, 0.05) is 6.54 Å². The molecule has 0 heterocycles. The Bertz CT molecular complexity index is 441. The standard InChI is InChI=1S/C14H20BrNO3/c1-14(2,3)19-13(18)16-8-4-5-10-6-7-12(17)11(15)9-10/h6-7,9,17H,4-5,8H2,1-3H3,(H,16,18). The van der Waals surface area contributed by atoms with Crippen molar-refractivity contribution in [1.82, 2.24) is 5.32 Å². The molecule has 19 heavy (non-hydrogen) atoms. The fourth-order valence-electron chi connectivity index (χ4n) is 1.50. The fraction of sp³-hybridized carbons (Fsp3) is 0.500. The summed E-state index contributed by atoms with van der Waals surface area (Å²) >= 11 is 3.27. The average molecular weight is 330 g/mol. The molecule has 0 saturated carbocycles. The molecule has 0 unspecified atom stereocenters. The second-order valence-electron chi connectivity index (χ2n) is 5.32. The maximum Gasteiger partial charge on any atom is 0.407 e. The Kier molecular flexibility index (Phi) is 5.66. The van der Waals surface area contributed by atoms with Crippen LogP contribution in [0, 0.1) is 0 Å². The second kappa shape index (κ2) is 6.80. The SMILES string of the molecule is CC(C)(C)OC(=O)NCCCc1ccc(O)c(Br)c1. The van der Waals surface area contributed by atoms with Crippen LogP contribution < -0.4 is 5.32 Å². The van der Waals surface area contributed by atoms with Gasteiger partial charge in [0.2, 0.25) is 0 Å². The van der Waals surface area contributed by atoms with Gasteiger partial charge in [-0.3, -0.25) is 0 Å². The number of carbonyl (C=O) groups is 1. The smallest absolute Gasteiger partial charge is 0.407 e. The number of amides is 1. The number of phenols is 1. The van der Waals surface area contributed by atoms with Crippen LogP contribution >= 0.6 is 15.9 Å². The van der Waals surface area contributed by atoms with Gasteiger partial charge in [0.05, 0.1) is 4.47 Å². The van der Waals surface area contributed by atoms with Crippen molar-refractivity contribution >= 4 is 22.0 Å². The van der Waals surface area contributed by atoms with Crippen molar-refractivity contribution in [3.63, 3.8) is 0 Å². The number of nitrogens with one attached hydrogen (secondary N) is 1. The maximum absolute atomic E-state index is 11.4. The molecule has 4 nitrogen and oxygen atoms in total. The van der Waals surface area contributed by atoms with Crippen molar-refractivity contribution in [2.75, 3.05) is 6.54 Å². The number of aryl methyl sites for hydroxylation is 1. The van der Waals surface area contributed by atoms with Crippen LogP contribution in [0.5, 0.6) is 5.75 Å². The Balaban J connectivity index is 2.27. The Morgan fingerprint density at radius 2 is 2.11 bits per heavy atom. The van der Waals surface area contributed by atoms with Crippen molar-refractivity contribution in [2.45, 2.75) is 39.2 Å². The number of benzene rings is 1. The lowest BCUT2D eigenvalue weighted by Gasteiger charge is -2.19. The minimum Gasteiger partial charge on any atom is -0.507 e. The molecule has 0 aliphatic heterocycles. The molecule has 0 aromatic heterocycles. The summed E-state index contributed by atoms with van der Waals surface area (Å²) in [5, 5.41) is 12.1. The summed E-state index contributed by atoms with van der Waals surface area (Å²) in [5.74, 6) is 0.232. The molecule has 0 spiro atoms. The first-order chi connectivity index (χ1) is 8.78. The lowest BCUT2D eigenvalue weighted by molar-refractivity contribution is 0.0527. The molecule has 0 aliphatic carbocycles. The number of aromatic hydroxyl groups is 1. The number of phenolic OH excluding ortho intramolecular Hbond substituents is 1. The molecule has 0 aliphatic rings. The molecule has 1 rings (SSSR count). The van der Waals surface area contributed by atoms with Gasteiger partial charge in [-0.25, -0.2) is 4.79 Å². The molecule has 106 valence electrons. The van der Waals surface area contributed by atoms with Crippen LogP contribution in [0.1, 0.15) is 32.8 Å². The maximum atomic E-state index is 11.4. The third-order valence-electron chi connectivity index (χ3n) is 2.32. The molecule has 0 fully saturated rings. The van der Waals surface area contributed by atoms with Gasteiger partial charge < -0.3 is 15.2 Å². The van der Waals surface area contributed by atoms with Crippen LogP contribution in [0.4, 0.5) is 4.79 Å². The molecule has 1 amide bonds. The molecule has 0 radical (unpaired) electrons. The van der Waals surface area contributed by atoms with E-state index in [-0.39, 0.29) is 11.8 Å². The first-order valence-electron chi connectivity index (χ1n) is 6.22. The van der Waals surface area contributed by atoms with Crippen molar-refractivity contribution in [1.29, 1.82) is 0 Å². The number of hydrogen-bond donors (Lipinski definition) is 2. The zero-order valence-corrected chi connectivity index (χ0v) is 13.1. The lowest BCUT2D eigenvalue weighted by atomic mass is 10.1. The first-order valence-corrected chi connectivity index (χ1v) is 7.01. The molecular weight excluding hydrogens is 310 g/mol. The highest BCUT2D eigenvalue weighted by molar-refractivity contribution is 9.10. The van der Waals surface area contributed by atoms with Crippen LogP contribution in [-0.2, 0) is 11.2 Å². The van der Waals surface area contributed by atoms with E-state index in [4.69, 9.17) is 4.74 Å². The second-order valence-corrected chi connectivity index (χ2v) is 6.17. The highest BCUT2D eigenvalue weighted by atomic mass is 79.9. The summed E-state index contributed by atoms with van der Waals surface area (Å²) in [6, 6.07) is 5.40. The van der Waals surface area contributed by atoms with Crippen LogP contribution in [0.2, 0.25) is 0 Å². The molecule has 0 bridgehead atoms. The van der Waals surface area contributed by atoms with Crippen molar-refractivity contribution in [2.24, 2.45) is 0 Å². The highest BCUT2D eigenvalue weighted by Gasteiger charge is 2.15. The molecule has 1 aromatic carbocycles. The molecule has 0 atom stereocenters. The van der Waals surface area contributed by atoms with Gasteiger partial charge in [-0.1, -0.05) is 6.07 Å². The predicted octanol–water partition coefficient (Wildman–Crippen LogP) is 3.61. The minimum atomic E-state index is -0.466. The van der Waals surface area contributed by atoms with Crippen molar-refractivity contribution in [3.05, 3.63) is 28.2 Å². The quantitative estimate of drug-likeness (QED) is 0.829. The van der Waals surface area contributed by atoms with E-state index in [0.29, 0.717) is 11.0 Å². The van der Waals surface area contributed by atoms with E-state index >= 15 is 0 Å². The Morgan fingerprint density at radius 1 is 1.42 bits per heavy atom. The van der Waals surface area contributed by atoms with E-state index in [1.165, 1.54) is 0 Å². The van der Waals surface area contributed by atoms with Crippen LogP contribution in [0.25, 0.3) is 0 Å². The fourth-order valence-corrected chi connectivity index (χ4v) is 1.93. The summed E-state index contributed by atoms with van der Waals surface area (Å²) in [7, 11) is 0. The zero-order chi connectivity index (χ0) is 14.5. The summed E-state index contributed by atoms with van der Waals surface area (Å²) in [5.41, 5.74) is 0.641. The van der Waals surface area contributed by atoms with Crippen molar-refractivity contribution in [3.8, 4) is 5.75 Å². The third-order valence-corrected chi connectivity index (χ3v) is 2.96. The number of halogens is 1. The monoisotopic (exact) mass is 329 g/mol. The normalized spacial score (nSPS) is 11.2. The largest absolute Gasteiger partial charge is 0.507 e. The van der Waals surface area contributed by atoms with Crippen LogP contribution in [-0.4, -0.2) is 23.3 Å². The summed E-state index contributed by atoms with van der Waals surface area (Å²) in [6.07, 6.45) is 1.25. The van der Waals surface area contributed by atoms with E-state index in [9.17, 15) is 9.90 Å². The number of hydrogen-bond acceptors (Lipinski definition) is 3. The topological polar surface area (TPSA) is 58.6 Å². The van der Waals surface area contributed by atoms with E-state index in [1.807, 2.05) is 32.9 Å². The van der Waals surface area contributed by atoms with Crippen LogP contribution in [0.15, 0.2) is 22.7 Å². The van der Waals surface area contributed by atoms with Gasteiger partial charge in [0.25, 0.3) is 0 Å². The zero-order valence-electron chi connectivity index (χ0n) is 11.5. The molecular formula is C14H20BrNO3. The average Bonchev–Trinajstić information content (AvgIpc) is 2.27.